The van der Waals surface area contributed by atoms with Crippen molar-refractivity contribution in [2.75, 3.05) is 5.75 Å². The van der Waals surface area contributed by atoms with Gasteiger partial charge in [0.15, 0.2) is 5.17 Å². The van der Waals surface area contributed by atoms with E-state index in [1.165, 1.54) is 24.9 Å². The largest absolute Gasteiger partial charge is 0.427 e. The number of carbonyl (C=O) groups is 2. The topological polar surface area (TPSA) is 80.1 Å². The van der Waals surface area contributed by atoms with Crippen LogP contribution in [0.5, 0.6) is 5.75 Å². The lowest BCUT2D eigenvalue weighted by Gasteiger charge is -2.03. The fourth-order valence-electron chi connectivity index (χ4n) is 1.37. The van der Waals surface area contributed by atoms with Gasteiger partial charge in [0.1, 0.15) is 5.75 Å². The van der Waals surface area contributed by atoms with Crippen molar-refractivity contribution in [1.82, 2.24) is 5.32 Å². The van der Waals surface area contributed by atoms with Crippen molar-refractivity contribution >= 4 is 51.0 Å². The fraction of sp³-hybridized carbons (Fsp3) is 0.167. The number of amidine groups is 1. The second-order valence-corrected chi connectivity index (χ2v) is 5.58. The number of rotatable bonds is 3. The highest BCUT2D eigenvalue weighted by molar-refractivity contribution is 9.10. The molecular weight excluding hydrogens is 346 g/mol. The fourth-order valence-corrected chi connectivity index (χ4v) is 2.35. The first-order chi connectivity index (χ1) is 9.54. The van der Waals surface area contributed by atoms with E-state index < -0.39 is 0 Å². The van der Waals surface area contributed by atoms with Crippen molar-refractivity contribution in [3.05, 3.63) is 28.2 Å². The molecule has 0 radical (unpaired) electrons. The van der Waals surface area contributed by atoms with E-state index in [1.807, 2.05) is 0 Å². The number of hydrogen-bond acceptors (Lipinski definition) is 6. The van der Waals surface area contributed by atoms with Crippen LogP contribution in [0.25, 0.3) is 0 Å². The van der Waals surface area contributed by atoms with E-state index in [9.17, 15) is 9.59 Å². The average Bonchev–Trinajstić information content (AvgIpc) is 2.78. The smallest absolute Gasteiger partial charge is 0.308 e. The second-order valence-electron chi connectivity index (χ2n) is 3.76. The van der Waals surface area contributed by atoms with Crippen molar-refractivity contribution in [3.63, 3.8) is 0 Å². The zero-order valence-electron chi connectivity index (χ0n) is 10.4. The number of halogens is 1. The Hall–Kier alpha value is -1.67. The normalized spacial score (nSPS) is 16.7. The number of nitrogens with zero attached hydrogens (tertiary/aromatic N) is 2. The molecule has 1 amide bonds. The third-order valence-electron chi connectivity index (χ3n) is 2.16. The third-order valence-corrected chi connectivity index (χ3v) is 3.75. The molecule has 1 saturated heterocycles. The van der Waals surface area contributed by atoms with Crippen LogP contribution in [0.1, 0.15) is 12.5 Å². The molecule has 1 fully saturated rings. The van der Waals surface area contributed by atoms with Crippen LogP contribution < -0.4 is 10.1 Å². The van der Waals surface area contributed by atoms with Gasteiger partial charge in [0.05, 0.1) is 12.0 Å². The van der Waals surface area contributed by atoms with E-state index >= 15 is 0 Å². The molecule has 104 valence electrons. The molecule has 0 aromatic heterocycles. The quantitative estimate of drug-likeness (QED) is 0.388. The summed E-state index contributed by atoms with van der Waals surface area (Å²) in [7, 11) is 0. The zero-order valence-corrected chi connectivity index (χ0v) is 12.8. The highest BCUT2D eigenvalue weighted by atomic mass is 79.9. The maximum absolute atomic E-state index is 11.0. The minimum absolute atomic E-state index is 0.0815. The standard InChI is InChI=1S/C12H10BrN3O3S/c1-7(17)19-9-2-3-10(13)8(4-9)5-14-16-12-15-11(18)6-20-12/h2-5H,6H2,1H3,(H,15,16,18). The molecule has 1 heterocycles. The zero-order chi connectivity index (χ0) is 14.5. The summed E-state index contributed by atoms with van der Waals surface area (Å²) in [5, 5.41) is 10.8. The van der Waals surface area contributed by atoms with Gasteiger partial charge in [-0.1, -0.05) is 27.7 Å². The van der Waals surface area contributed by atoms with Crippen molar-refractivity contribution in [1.29, 1.82) is 0 Å². The molecule has 0 spiro atoms. The summed E-state index contributed by atoms with van der Waals surface area (Å²) in [4.78, 5) is 21.9. The molecule has 1 aromatic rings. The maximum Gasteiger partial charge on any atom is 0.308 e. The molecule has 2 rings (SSSR count). The van der Waals surface area contributed by atoms with E-state index in [1.54, 1.807) is 18.2 Å². The molecule has 6 nitrogen and oxygen atoms in total. The van der Waals surface area contributed by atoms with E-state index in [2.05, 4.69) is 31.4 Å². The number of thioether (sulfide) groups is 1. The molecule has 0 unspecified atom stereocenters. The Balaban J connectivity index is 2.11. The van der Waals surface area contributed by atoms with Gasteiger partial charge in [-0.05, 0) is 18.2 Å². The van der Waals surface area contributed by atoms with Gasteiger partial charge in [0, 0.05) is 17.0 Å². The Morgan fingerprint density at radius 2 is 2.35 bits per heavy atom. The summed E-state index contributed by atoms with van der Waals surface area (Å²) in [5.41, 5.74) is 0.711. The van der Waals surface area contributed by atoms with Gasteiger partial charge in [-0.3, -0.25) is 9.59 Å². The monoisotopic (exact) mass is 355 g/mol. The number of nitrogens with one attached hydrogen (secondary N) is 1. The molecule has 8 heteroatoms. The Kier molecular flexibility index (Phi) is 4.91. The van der Waals surface area contributed by atoms with Gasteiger partial charge in [-0.15, -0.1) is 5.10 Å². The molecule has 0 aliphatic carbocycles. The van der Waals surface area contributed by atoms with E-state index in [0.29, 0.717) is 22.2 Å². The molecule has 0 atom stereocenters. The lowest BCUT2D eigenvalue weighted by atomic mass is 10.2. The van der Waals surface area contributed by atoms with Crippen LogP contribution in [-0.2, 0) is 9.59 Å². The van der Waals surface area contributed by atoms with Gasteiger partial charge >= 0.3 is 5.97 Å². The number of amides is 1. The van der Waals surface area contributed by atoms with Gasteiger partial charge < -0.3 is 10.1 Å². The number of carbonyl (C=O) groups excluding carboxylic acids is 2. The molecule has 1 N–H and O–H groups in total. The molecule has 1 aromatic carbocycles. The van der Waals surface area contributed by atoms with Crippen molar-refractivity contribution < 1.29 is 14.3 Å². The van der Waals surface area contributed by atoms with Crippen LogP contribution in [0.4, 0.5) is 0 Å². The van der Waals surface area contributed by atoms with E-state index in [4.69, 9.17) is 4.74 Å². The molecule has 1 aliphatic heterocycles. The maximum atomic E-state index is 11.0. The van der Waals surface area contributed by atoms with Crippen LogP contribution in [0.3, 0.4) is 0 Å². The van der Waals surface area contributed by atoms with E-state index in [-0.39, 0.29) is 11.9 Å². The lowest BCUT2D eigenvalue weighted by molar-refractivity contribution is -0.131. The number of ether oxygens (including phenoxy) is 1. The molecular formula is C12H10BrN3O3S. The van der Waals surface area contributed by atoms with Gasteiger partial charge in [-0.2, -0.15) is 5.10 Å². The minimum atomic E-state index is -0.388. The number of benzene rings is 1. The van der Waals surface area contributed by atoms with Crippen LogP contribution in [0.2, 0.25) is 0 Å². The number of hydrogen-bond donors (Lipinski definition) is 1. The first-order valence-corrected chi connectivity index (χ1v) is 7.34. The summed E-state index contributed by atoms with van der Waals surface area (Å²) in [6.07, 6.45) is 1.51. The Morgan fingerprint density at radius 1 is 1.55 bits per heavy atom. The highest BCUT2D eigenvalue weighted by Crippen LogP contribution is 2.21. The summed E-state index contributed by atoms with van der Waals surface area (Å²) >= 11 is 4.66. The van der Waals surface area contributed by atoms with Gasteiger partial charge in [-0.25, -0.2) is 0 Å². The van der Waals surface area contributed by atoms with E-state index in [0.717, 1.165) is 4.47 Å². The Bertz CT molecular complexity index is 616. The van der Waals surface area contributed by atoms with Crippen molar-refractivity contribution in [3.8, 4) is 5.75 Å². The van der Waals surface area contributed by atoms with Crippen molar-refractivity contribution in [2.45, 2.75) is 6.92 Å². The predicted molar refractivity (Wildman–Crippen MR) is 81.1 cm³/mol. The Labute approximate surface area is 127 Å². The predicted octanol–water partition coefficient (Wildman–Crippen LogP) is 1.93. The summed E-state index contributed by atoms with van der Waals surface area (Å²) in [5.74, 6) is 0.320. The molecule has 1 aliphatic rings. The Morgan fingerprint density at radius 3 is 3.00 bits per heavy atom. The minimum Gasteiger partial charge on any atom is -0.427 e. The highest BCUT2D eigenvalue weighted by Gasteiger charge is 2.15. The second kappa shape index (κ2) is 6.67. The van der Waals surface area contributed by atoms with Crippen LogP contribution in [-0.4, -0.2) is 29.0 Å². The number of esters is 1. The summed E-state index contributed by atoms with van der Waals surface area (Å²) in [6, 6.07) is 5.08. The van der Waals surface area contributed by atoms with Crippen LogP contribution in [0, 0.1) is 0 Å². The molecule has 20 heavy (non-hydrogen) atoms. The lowest BCUT2D eigenvalue weighted by Crippen LogP contribution is -2.19. The first-order valence-electron chi connectivity index (χ1n) is 5.56. The van der Waals surface area contributed by atoms with Crippen LogP contribution in [0.15, 0.2) is 32.9 Å². The third kappa shape index (κ3) is 4.17. The summed E-state index contributed by atoms with van der Waals surface area (Å²) < 4.78 is 5.78. The summed E-state index contributed by atoms with van der Waals surface area (Å²) in [6.45, 7) is 1.34. The van der Waals surface area contributed by atoms with Gasteiger partial charge in [0.2, 0.25) is 5.91 Å². The van der Waals surface area contributed by atoms with Gasteiger partial charge in [0.25, 0.3) is 0 Å². The SMILES string of the molecule is CC(=O)Oc1ccc(Br)c(C=NN=C2NC(=O)CS2)c1. The molecule has 0 saturated carbocycles. The average molecular weight is 356 g/mol. The van der Waals surface area contributed by atoms with Crippen molar-refractivity contribution in [2.24, 2.45) is 10.2 Å². The molecule has 0 bridgehead atoms. The first kappa shape index (κ1) is 14.7. The van der Waals surface area contributed by atoms with Crippen LogP contribution >= 0.6 is 27.7 Å².